The van der Waals surface area contributed by atoms with E-state index in [1.165, 1.54) is 12.8 Å². The molecular formula is C12H24N2O. The van der Waals surface area contributed by atoms with Gasteiger partial charge in [-0.2, -0.15) is 0 Å². The Labute approximate surface area is 93.4 Å². The molecule has 1 fully saturated rings. The maximum atomic E-state index is 11.5. The smallest absolute Gasteiger partial charge is 0.236 e. The molecule has 3 nitrogen and oxygen atoms in total. The second-order valence-corrected chi connectivity index (χ2v) is 5.06. The normalized spacial score (nSPS) is 25.1. The number of likely N-dealkylation sites (N-methyl/N-ethyl adjacent to an activating group) is 2. The Kier molecular flexibility index (Phi) is 4.58. The molecule has 1 aliphatic carbocycles. The molecule has 0 heterocycles. The molecule has 1 amide bonds. The highest BCUT2D eigenvalue weighted by Crippen LogP contribution is 2.33. The minimum atomic E-state index is 0.212. The lowest BCUT2D eigenvalue weighted by Gasteiger charge is -2.36. The molecule has 88 valence electrons. The Hall–Kier alpha value is -0.570. The number of hydrogen-bond acceptors (Lipinski definition) is 2. The van der Waals surface area contributed by atoms with Gasteiger partial charge in [0.05, 0.1) is 6.54 Å². The minimum Gasteiger partial charge on any atom is -0.348 e. The van der Waals surface area contributed by atoms with E-state index in [0.29, 0.717) is 6.54 Å². The second-order valence-electron chi connectivity index (χ2n) is 5.06. The average Bonchev–Trinajstić information content (AvgIpc) is 2.13. The highest BCUT2D eigenvalue weighted by molar-refractivity contribution is 5.77. The topological polar surface area (TPSA) is 23.6 Å². The quantitative estimate of drug-likeness (QED) is 0.688. The molecule has 0 saturated heterocycles. The van der Waals surface area contributed by atoms with Crippen molar-refractivity contribution in [3.63, 3.8) is 0 Å². The zero-order chi connectivity index (χ0) is 11.4. The first-order valence-electron chi connectivity index (χ1n) is 5.95. The molecule has 0 aromatic heterocycles. The van der Waals surface area contributed by atoms with Gasteiger partial charge in [-0.15, -0.1) is 0 Å². The Balaban J connectivity index is 2.26. The summed E-state index contributed by atoms with van der Waals surface area (Å²) in [5.41, 5.74) is 0. The lowest BCUT2D eigenvalue weighted by Crippen LogP contribution is -2.41. The maximum absolute atomic E-state index is 11.5. The van der Waals surface area contributed by atoms with Gasteiger partial charge in [-0.05, 0) is 31.2 Å². The Morgan fingerprint density at radius 3 is 2.33 bits per heavy atom. The van der Waals surface area contributed by atoms with Crippen molar-refractivity contribution in [2.45, 2.75) is 26.7 Å². The van der Waals surface area contributed by atoms with Crippen LogP contribution in [0.25, 0.3) is 0 Å². The van der Waals surface area contributed by atoms with Gasteiger partial charge in [-0.3, -0.25) is 9.69 Å². The van der Waals surface area contributed by atoms with E-state index >= 15 is 0 Å². The lowest BCUT2D eigenvalue weighted by molar-refractivity contribution is -0.130. The fraction of sp³-hybridized carbons (Fsp3) is 0.917. The van der Waals surface area contributed by atoms with E-state index in [-0.39, 0.29) is 5.91 Å². The molecule has 0 bridgehead atoms. The van der Waals surface area contributed by atoms with Crippen LogP contribution >= 0.6 is 0 Å². The summed E-state index contributed by atoms with van der Waals surface area (Å²) >= 11 is 0. The van der Waals surface area contributed by atoms with E-state index in [1.807, 2.05) is 14.1 Å². The van der Waals surface area contributed by atoms with E-state index < -0.39 is 0 Å². The van der Waals surface area contributed by atoms with Gasteiger partial charge in [-0.25, -0.2) is 0 Å². The summed E-state index contributed by atoms with van der Waals surface area (Å²) in [4.78, 5) is 15.5. The fourth-order valence-electron chi connectivity index (χ4n) is 2.22. The van der Waals surface area contributed by atoms with Crippen LogP contribution in [0, 0.1) is 11.8 Å². The van der Waals surface area contributed by atoms with Crippen molar-refractivity contribution >= 4 is 5.91 Å². The molecule has 0 aromatic carbocycles. The van der Waals surface area contributed by atoms with Gasteiger partial charge >= 0.3 is 0 Å². The van der Waals surface area contributed by atoms with Gasteiger partial charge in [0.25, 0.3) is 0 Å². The molecule has 0 unspecified atom stereocenters. The van der Waals surface area contributed by atoms with Crippen molar-refractivity contribution in [3.8, 4) is 0 Å². The monoisotopic (exact) mass is 212 g/mol. The molecule has 1 rings (SSSR count). The Morgan fingerprint density at radius 2 is 1.93 bits per heavy atom. The zero-order valence-electron chi connectivity index (χ0n) is 10.5. The average molecular weight is 212 g/mol. The van der Waals surface area contributed by atoms with Crippen molar-refractivity contribution in [1.29, 1.82) is 0 Å². The summed E-state index contributed by atoms with van der Waals surface area (Å²) in [7, 11) is 3.64. The number of hydrogen-bond donors (Lipinski definition) is 0. The summed E-state index contributed by atoms with van der Waals surface area (Å²) in [6, 6.07) is 0. The van der Waals surface area contributed by atoms with Crippen LogP contribution in [0.2, 0.25) is 0 Å². The largest absolute Gasteiger partial charge is 0.348 e. The van der Waals surface area contributed by atoms with E-state index in [2.05, 4.69) is 18.7 Å². The molecule has 0 N–H and O–H groups in total. The number of amides is 1. The van der Waals surface area contributed by atoms with Crippen molar-refractivity contribution < 1.29 is 4.79 Å². The van der Waals surface area contributed by atoms with Crippen LogP contribution in [0.3, 0.4) is 0 Å². The van der Waals surface area contributed by atoms with Crippen LogP contribution in [-0.2, 0) is 4.79 Å². The van der Waals surface area contributed by atoms with Gasteiger partial charge in [0, 0.05) is 20.6 Å². The number of nitrogens with zero attached hydrogens (tertiary/aromatic N) is 2. The van der Waals surface area contributed by atoms with E-state index in [9.17, 15) is 4.79 Å². The molecule has 3 heteroatoms. The third kappa shape index (κ3) is 3.82. The summed E-state index contributed by atoms with van der Waals surface area (Å²) in [6.07, 6.45) is 2.68. The predicted molar refractivity (Wildman–Crippen MR) is 62.7 cm³/mol. The van der Waals surface area contributed by atoms with Crippen LogP contribution in [-0.4, -0.2) is 49.4 Å². The summed E-state index contributed by atoms with van der Waals surface area (Å²) < 4.78 is 0. The van der Waals surface area contributed by atoms with E-state index in [4.69, 9.17) is 0 Å². The second kappa shape index (κ2) is 5.50. The SMILES string of the molecule is CCN(CC(=O)N(C)C)CC1CC(C)C1. The first-order chi connectivity index (χ1) is 7.02. The summed E-state index contributed by atoms with van der Waals surface area (Å²) in [5.74, 6) is 1.94. The third-order valence-corrected chi connectivity index (χ3v) is 3.29. The minimum absolute atomic E-state index is 0.212. The van der Waals surface area contributed by atoms with Gasteiger partial charge in [0.2, 0.25) is 5.91 Å². The first-order valence-corrected chi connectivity index (χ1v) is 5.95. The Bertz CT molecular complexity index is 210. The van der Waals surface area contributed by atoms with Crippen LogP contribution < -0.4 is 0 Å². The maximum Gasteiger partial charge on any atom is 0.236 e. The molecule has 0 spiro atoms. The molecule has 0 atom stereocenters. The zero-order valence-corrected chi connectivity index (χ0v) is 10.5. The molecular weight excluding hydrogens is 188 g/mol. The van der Waals surface area contributed by atoms with Crippen molar-refractivity contribution in [2.75, 3.05) is 33.7 Å². The fourth-order valence-corrected chi connectivity index (χ4v) is 2.22. The van der Waals surface area contributed by atoms with Crippen LogP contribution in [0.15, 0.2) is 0 Å². The van der Waals surface area contributed by atoms with Crippen LogP contribution in [0.4, 0.5) is 0 Å². The molecule has 0 aliphatic heterocycles. The molecule has 0 radical (unpaired) electrons. The van der Waals surface area contributed by atoms with Crippen molar-refractivity contribution in [1.82, 2.24) is 9.80 Å². The standard InChI is InChI=1S/C12H24N2O/c1-5-14(9-12(15)13(3)4)8-11-6-10(2)7-11/h10-11H,5-9H2,1-4H3. The lowest BCUT2D eigenvalue weighted by atomic mass is 9.76. The predicted octanol–water partition coefficient (Wildman–Crippen LogP) is 1.44. The summed E-state index contributed by atoms with van der Waals surface area (Å²) in [6.45, 7) is 7.09. The Morgan fingerprint density at radius 1 is 1.33 bits per heavy atom. The number of carbonyl (C=O) groups excluding carboxylic acids is 1. The molecule has 1 saturated carbocycles. The number of carbonyl (C=O) groups is 1. The highest BCUT2D eigenvalue weighted by atomic mass is 16.2. The van der Waals surface area contributed by atoms with Gasteiger partial charge in [0.1, 0.15) is 0 Å². The molecule has 15 heavy (non-hydrogen) atoms. The highest BCUT2D eigenvalue weighted by Gasteiger charge is 2.27. The van der Waals surface area contributed by atoms with E-state index in [0.717, 1.165) is 24.9 Å². The van der Waals surface area contributed by atoms with Gasteiger partial charge < -0.3 is 4.90 Å². The van der Waals surface area contributed by atoms with Crippen LogP contribution in [0.1, 0.15) is 26.7 Å². The molecule has 0 aromatic rings. The van der Waals surface area contributed by atoms with Gasteiger partial charge in [-0.1, -0.05) is 13.8 Å². The summed E-state index contributed by atoms with van der Waals surface area (Å²) in [5, 5.41) is 0. The van der Waals surface area contributed by atoms with E-state index in [1.54, 1.807) is 4.90 Å². The van der Waals surface area contributed by atoms with Crippen molar-refractivity contribution in [2.24, 2.45) is 11.8 Å². The van der Waals surface area contributed by atoms with Crippen LogP contribution in [0.5, 0.6) is 0 Å². The van der Waals surface area contributed by atoms with Crippen molar-refractivity contribution in [3.05, 3.63) is 0 Å². The third-order valence-electron chi connectivity index (χ3n) is 3.29. The molecule has 1 aliphatic rings. The first kappa shape index (κ1) is 12.5. The van der Waals surface area contributed by atoms with Gasteiger partial charge in [0.15, 0.2) is 0 Å². The number of rotatable bonds is 5.